The van der Waals surface area contributed by atoms with E-state index in [0.29, 0.717) is 16.9 Å². The maximum absolute atomic E-state index is 13.0. The van der Waals surface area contributed by atoms with Crippen LogP contribution in [-0.4, -0.2) is 16.1 Å². The molecule has 88 valence electrons. The van der Waals surface area contributed by atoms with Gasteiger partial charge in [-0.1, -0.05) is 0 Å². The maximum Gasteiger partial charge on any atom is 0.256 e. The Bertz CT molecular complexity index is 563. The smallest absolute Gasteiger partial charge is 0.256 e. The van der Waals surface area contributed by atoms with E-state index in [1.807, 2.05) is 6.92 Å². The van der Waals surface area contributed by atoms with Crippen molar-refractivity contribution >= 4 is 11.7 Å². The van der Waals surface area contributed by atoms with E-state index in [0.717, 1.165) is 5.69 Å². The molecule has 0 radical (unpaired) electrons. The van der Waals surface area contributed by atoms with Crippen molar-refractivity contribution in [3.8, 4) is 0 Å². The van der Waals surface area contributed by atoms with E-state index in [1.165, 1.54) is 18.2 Å². The van der Waals surface area contributed by atoms with E-state index in [-0.39, 0.29) is 11.7 Å². The monoisotopic (exact) mass is 233 g/mol. The van der Waals surface area contributed by atoms with Crippen LogP contribution >= 0.6 is 0 Å². The van der Waals surface area contributed by atoms with Crippen molar-refractivity contribution in [2.45, 2.75) is 13.8 Å². The average molecular weight is 233 g/mol. The van der Waals surface area contributed by atoms with Gasteiger partial charge in [0.25, 0.3) is 5.91 Å². The van der Waals surface area contributed by atoms with E-state index in [2.05, 4.69) is 15.5 Å². The first-order chi connectivity index (χ1) is 8.06. The number of hydrogen-bond donors (Lipinski definition) is 2. The van der Waals surface area contributed by atoms with Crippen LogP contribution in [0, 0.1) is 19.7 Å². The van der Waals surface area contributed by atoms with E-state index < -0.39 is 0 Å². The lowest BCUT2D eigenvalue weighted by atomic mass is 10.1. The number of anilines is 1. The number of aryl methyl sites for hydroxylation is 2. The summed E-state index contributed by atoms with van der Waals surface area (Å²) in [4.78, 5) is 11.8. The number of aromatic nitrogens is 2. The number of hydrogen-bond acceptors (Lipinski definition) is 2. The fraction of sp³-hybridized carbons (Fsp3) is 0.167. The minimum absolute atomic E-state index is 0.306. The lowest BCUT2D eigenvalue weighted by Crippen LogP contribution is -2.12. The molecule has 4 nitrogen and oxygen atoms in total. The van der Waals surface area contributed by atoms with Gasteiger partial charge in [0.15, 0.2) is 5.82 Å². The number of rotatable bonds is 2. The van der Waals surface area contributed by atoms with Gasteiger partial charge in [-0.15, -0.1) is 0 Å². The number of H-pyrrole nitrogens is 1. The zero-order chi connectivity index (χ0) is 12.4. The van der Waals surface area contributed by atoms with Gasteiger partial charge in [-0.05, 0) is 37.6 Å². The van der Waals surface area contributed by atoms with Crippen LogP contribution in [0.2, 0.25) is 0 Å². The number of halogens is 1. The maximum atomic E-state index is 13.0. The minimum atomic E-state index is -0.322. The summed E-state index contributed by atoms with van der Waals surface area (Å²) in [6.45, 7) is 3.45. The average Bonchev–Trinajstić information content (AvgIpc) is 2.68. The molecule has 0 atom stereocenters. The lowest BCUT2D eigenvalue weighted by Gasteiger charge is -2.03. The van der Waals surface area contributed by atoms with Crippen LogP contribution in [0.15, 0.2) is 24.3 Å². The third-order valence-electron chi connectivity index (χ3n) is 2.37. The van der Waals surface area contributed by atoms with Gasteiger partial charge in [0.05, 0.1) is 0 Å². The largest absolute Gasteiger partial charge is 0.305 e. The summed E-state index contributed by atoms with van der Waals surface area (Å²) >= 11 is 0. The molecule has 0 aliphatic carbocycles. The van der Waals surface area contributed by atoms with E-state index in [4.69, 9.17) is 0 Å². The zero-order valence-corrected chi connectivity index (χ0v) is 9.54. The third-order valence-corrected chi connectivity index (χ3v) is 2.37. The van der Waals surface area contributed by atoms with Crippen LogP contribution in [0.1, 0.15) is 21.6 Å². The molecular formula is C12H12FN3O. The van der Waals surface area contributed by atoms with Crippen LogP contribution in [0.25, 0.3) is 0 Å². The number of amides is 1. The van der Waals surface area contributed by atoms with Crippen molar-refractivity contribution in [2.75, 3.05) is 5.32 Å². The number of aromatic amines is 1. The van der Waals surface area contributed by atoms with Gasteiger partial charge in [0, 0.05) is 17.3 Å². The molecule has 0 saturated carbocycles. The molecule has 1 aromatic heterocycles. The molecule has 1 heterocycles. The predicted octanol–water partition coefficient (Wildman–Crippen LogP) is 2.42. The highest BCUT2D eigenvalue weighted by Crippen LogP contribution is 2.11. The van der Waals surface area contributed by atoms with Crippen molar-refractivity contribution in [3.63, 3.8) is 0 Å². The van der Waals surface area contributed by atoms with Crippen molar-refractivity contribution in [3.05, 3.63) is 46.9 Å². The summed E-state index contributed by atoms with van der Waals surface area (Å²) in [7, 11) is 0. The molecule has 0 fully saturated rings. The molecule has 2 N–H and O–H groups in total. The Kier molecular flexibility index (Phi) is 2.91. The highest BCUT2D eigenvalue weighted by Gasteiger charge is 2.09. The zero-order valence-electron chi connectivity index (χ0n) is 9.54. The summed E-state index contributed by atoms with van der Waals surface area (Å²) < 4.78 is 13.0. The molecule has 2 rings (SSSR count). The minimum Gasteiger partial charge on any atom is -0.305 e. The first-order valence-corrected chi connectivity index (χ1v) is 5.16. The van der Waals surface area contributed by atoms with Gasteiger partial charge in [-0.3, -0.25) is 9.89 Å². The second kappa shape index (κ2) is 4.37. The molecule has 2 aromatic rings. The topological polar surface area (TPSA) is 57.8 Å². The Labute approximate surface area is 97.9 Å². The lowest BCUT2D eigenvalue weighted by molar-refractivity contribution is 0.102. The van der Waals surface area contributed by atoms with Crippen LogP contribution in [0.5, 0.6) is 0 Å². The summed E-state index contributed by atoms with van der Waals surface area (Å²) in [5.74, 6) is -0.175. The van der Waals surface area contributed by atoms with Crippen molar-refractivity contribution < 1.29 is 9.18 Å². The van der Waals surface area contributed by atoms with E-state index in [9.17, 15) is 9.18 Å². The molecular weight excluding hydrogens is 221 g/mol. The first-order valence-electron chi connectivity index (χ1n) is 5.16. The number of nitrogens with zero attached hydrogens (tertiary/aromatic N) is 1. The molecule has 1 amide bonds. The molecule has 0 aliphatic rings. The quantitative estimate of drug-likeness (QED) is 0.836. The van der Waals surface area contributed by atoms with Crippen LogP contribution < -0.4 is 5.32 Å². The van der Waals surface area contributed by atoms with Crippen molar-refractivity contribution in [2.24, 2.45) is 0 Å². The van der Waals surface area contributed by atoms with Gasteiger partial charge < -0.3 is 5.32 Å². The molecule has 0 bridgehead atoms. The first kappa shape index (κ1) is 11.3. The van der Waals surface area contributed by atoms with E-state index >= 15 is 0 Å². The number of nitrogens with one attached hydrogen (secondary N) is 2. The number of carbonyl (C=O) groups excluding carboxylic acids is 1. The van der Waals surface area contributed by atoms with Crippen molar-refractivity contribution in [1.29, 1.82) is 0 Å². The Morgan fingerprint density at radius 3 is 2.71 bits per heavy atom. The molecule has 0 spiro atoms. The second-order valence-electron chi connectivity index (χ2n) is 3.85. The fourth-order valence-electron chi connectivity index (χ4n) is 1.46. The molecule has 17 heavy (non-hydrogen) atoms. The summed E-state index contributed by atoms with van der Waals surface area (Å²) in [6, 6.07) is 5.94. The summed E-state index contributed by atoms with van der Waals surface area (Å²) in [5.41, 5.74) is 1.70. The van der Waals surface area contributed by atoms with Gasteiger partial charge >= 0.3 is 0 Å². The third kappa shape index (κ3) is 2.50. The molecule has 1 aromatic carbocycles. The van der Waals surface area contributed by atoms with Gasteiger partial charge in [0.1, 0.15) is 5.82 Å². The Morgan fingerprint density at radius 2 is 2.12 bits per heavy atom. The van der Waals surface area contributed by atoms with Gasteiger partial charge in [-0.25, -0.2) is 4.39 Å². The number of carbonyl (C=O) groups is 1. The molecule has 5 heteroatoms. The summed E-state index contributed by atoms with van der Waals surface area (Å²) in [6.07, 6.45) is 0. The molecule has 0 unspecified atom stereocenters. The highest BCUT2D eigenvalue weighted by atomic mass is 19.1. The second-order valence-corrected chi connectivity index (χ2v) is 3.85. The normalized spacial score (nSPS) is 10.3. The van der Waals surface area contributed by atoms with Gasteiger partial charge in [0.2, 0.25) is 0 Å². The Balaban J connectivity index is 2.17. The fourth-order valence-corrected chi connectivity index (χ4v) is 1.46. The van der Waals surface area contributed by atoms with Crippen LogP contribution in [0.3, 0.4) is 0 Å². The number of benzene rings is 1. The SMILES string of the molecule is Cc1cc(NC(=O)c2ccc(F)c(C)c2)n[nH]1. The van der Waals surface area contributed by atoms with Crippen LogP contribution in [0.4, 0.5) is 10.2 Å². The Hall–Kier alpha value is -2.17. The molecule has 0 aliphatic heterocycles. The standard InChI is InChI=1S/C12H12FN3O/c1-7-5-9(3-4-10(7)13)12(17)14-11-6-8(2)15-16-11/h3-6H,1-2H3,(H2,14,15,16,17). The highest BCUT2D eigenvalue weighted by molar-refractivity contribution is 6.03. The summed E-state index contributed by atoms with van der Waals surface area (Å²) in [5, 5.41) is 9.23. The van der Waals surface area contributed by atoms with E-state index in [1.54, 1.807) is 13.0 Å². The van der Waals surface area contributed by atoms with Crippen molar-refractivity contribution in [1.82, 2.24) is 10.2 Å². The molecule has 0 saturated heterocycles. The van der Waals surface area contributed by atoms with Crippen LogP contribution in [-0.2, 0) is 0 Å². The predicted molar refractivity (Wildman–Crippen MR) is 62.4 cm³/mol. The Morgan fingerprint density at radius 1 is 1.35 bits per heavy atom. The van der Waals surface area contributed by atoms with Gasteiger partial charge in [-0.2, -0.15) is 5.10 Å².